The van der Waals surface area contributed by atoms with E-state index in [1.54, 1.807) is 18.3 Å². The lowest BCUT2D eigenvalue weighted by molar-refractivity contribution is 0.0240. The minimum atomic E-state index is -0.481. The summed E-state index contributed by atoms with van der Waals surface area (Å²) in [6.07, 6.45) is 1.33. The lowest BCUT2D eigenvalue weighted by atomic mass is 10.1. The Morgan fingerprint density at radius 1 is 1.12 bits per heavy atom. The van der Waals surface area contributed by atoms with Gasteiger partial charge in [0.1, 0.15) is 23.5 Å². The number of rotatable bonds is 2. The van der Waals surface area contributed by atoms with Crippen LogP contribution in [0.4, 0.5) is 10.6 Å². The van der Waals surface area contributed by atoms with E-state index < -0.39 is 5.60 Å². The number of amides is 1. The highest BCUT2D eigenvalue weighted by molar-refractivity contribution is 5.91. The second-order valence-corrected chi connectivity index (χ2v) is 7.49. The molecule has 0 aliphatic carbocycles. The summed E-state index contributed by atoms with van der Waals surface area (Å²) in [4.78, 5) is 25.0. The van der Waals surface area contributed by atoms with Crippen LogP contribution in [-0.4, -0.2) is 59.9 Å². The predicted octanol–water partition coefficient (Wildman–Crippen LogP) is 3.00. The molecule has 0 radical (unpaired) electrons. The summed E-state index contributed by atoms with van der Waals surface area (Å²) in [7, 11) is 1.66. The molecule has 7 nitrogen and oxygen atoms in total. The third-order valence-corrected chi connectivity index (χ3v) is 4.36. The largest absolute Gasteiger partial charge is 0.496 e. The molecule has 0 bridgehead atoms. The van der Waals surface area contributed by atoms with Gasteiger partial charge in [0.25, 0.3) is 0 Å². The van der Waals surface area contributed by atoms with Crippen molar-refractivity contribution in [1.29, 1.82) is 0 Å². The molecule has 1 saturated heterocycles. The average molecular weight is 358 g/mol. The Morgan fingerprint density at radius 2 is 1.81 bits per heavy atom. The Hall–Kier alpha value is -2.57. The van der Waals surface area contributed by atoms with Crippen LogP contribution in [0.5, 0.6) is 5.75 Å². The van der Waals surface area contributed by atoms with Crippen LogP contribution in [0.3, 0.4) is 0 Å². The lowest BCUT2D eigenvalue weighted by Crippen LogP contribution is -2.50. The van der Waals surface area contributed by atoms with Gasteiger partial charge in [-0.1, -0.05) is 0 Å². The van der Waals surface area contributed by atoms with Crippen LogP contribution >= 0.6 is 0 Å². The van der Waals surface area contributed by atoms with Crippen molar-refractivity contribution in [2.75, 3.05) is 38.2 Å². The van der Waals surface area contributed by atoms with Gasteiger partial charge in [-0.25, -0.2) is 14.8 Å². The van der Waals surface area contributed by atoms with Gasteiger partial charge in [-0.2, -0.15) is 0 Å². The SMILES string of the molecule is COc1cc2c(N3CCN(C(=O)OC(C)(C)C)CC3)ncnc2cc1C. The molecule has 7 heteroatoms. The van der Waals surface area contributed by atoms with Crippen molar-refractivity contribution in [2.45, 2.75) is 33.3 Å². The van der Waals surface area contributed by atoms with E-state index in [0.717, 1.165) is 28.0 Å². The number of aromatic nitrogens is 2. The fourth-order valence-electron chi connectivity index (χ4n) is 3.07. The van der Waals surface area contributed by atoms with Crippen LogP contribution in [-0.2, 0) is 4.74 Å². The van der Waals surface area contributed by atoms with Crippen LogP contribution in [0.25, 0.3) is 10.9 Å². The van der Waals surface area contributed by atoms with E-state index >= 15 is 0 Å². The summed E-state index contributed by atoms with van der Waals surface area (Å²) in [5.74, 6) is 1.69. The maximum absolute atomic E-state index is 12.2. The lowest BCUT2D eigenvalue weighted by Gasteiger charge is -2.36. The summed E-state index contributed by atoms with van der Waals surface area (Å²) in [6.45, 7) is 10.2. The van der Waals surface area contributed by atoms with E-state index in [2.05, 4.69) is 14.9 Å². The van der Waals surface area contributed by atoms with Gasteiger partial charge in [0.2, 0.25) is 0 Å². The number of carbonyl (C=O) groups excluding carboxylic acids is 1. The van der Waals surface area contributed by atoms with Gasteiger partial charge in [0.15, 0.2) is 0 Å². The van der Waals surface area contributed by atoms with Crippen molar-refractivity contribution in [3.05, 3.63) is 24.0 Å². The number of hydrogen-bond acceptors (Lipinski definition) is 6. The molecule has 1 aliphatic heterocycles. The number of aryl methyl sites for hydroxylation is 1. The fraction of sp³-hybridized carbons (Fsp3) is 0.526. The first-order chi connectivity index (χ1) is 12.3. The van der Waals surface area contributed by atoms with E-state index in [1.807, 2.05) is 39.8 Å². The van der Waals surface area contributed by atoms with Crippen LogP contribution in [0.1, 0.15) is 26.3 Å². The van der Waals surface area contributed by atoms with Gasteiger partial charge in [-0.15, -0.1) is 0 Å². The smallest absolute Gasteiger partial charge is 0.410 e. The molecule has 1 aromatic heterocycles. The molecule has 0 atom stereocenters. The number of piperazine rings is 1. The van der Waals surface area contributed by atoms with E-state index in [4.69, 9.17) is 9.47 Å². The highest BCUT2D eigenvalue weighted by Gasteiger charge is 2.27. The standard InChI is InChI=1S/C19H26N4O3/c1-13-10-15-14(11-16(13)25-5)17(21-12-20-15)22-6-8-23(9-7-22)18(24)26-19(2,3)4/h10-12H,6-9H2,1-5H3. The van der Waals surface area contributed by atoms with Crippen molar-refractivity contribution in [3.63, 3.8) is 0 Å². The van der Waals surface area contributed by atoms with Crippen LogP contribution < -0.4 is 9.64 Å². The van der Waals surface area contributed by atoms with Gasteiger partial charge in [-0.3, -0.25) is 0 Å². The summed E-state index contributed by atoms with van der Waals surface area (Å²) in [6, 6.07) is 4.00. The molecule has 0 saturated carbocycles. The molecule has 3 rings (SSSR count). The van der Waals surface area contributed by atoms with Gasteiger partial charge in [0, 0.05) is 31.6 Å². The molecule has 140 valence electrons. The Bertz CT molecular complexity index is 808. The normalized spacial score (nSPS) is 15.3. The topological polar surface area (TPSA) is 67.8 Å². The molecule has 1 amide bonds. The van der Waals surface area contributed by atoms with Crippen molar-refractivity contribution < 1.29 is 14.3 Å². The number of nitrogens with zero attached hydrogens (tertiary/aromatic N) is 4. The van der Waals surface area contributed by atoms with Crippen LogP contribution in [0.2, 0.25) is 0 Å². The maximum Gasteiger partial charge on any atom is 0.410 e. The second kappa shape index (κ2) is 6.97. The van der Waals surface area contributed by atoms with E-state index in [9.17, 15) is 4.79 Å². The first-order valence-corrected chi connectivity index (χ1v) is 8.81. The Morgan fingerprint density at radius 3 is 2.42 bits per heavy atom. The molecular weight excluding hydrogens is 332 g/mol. The Kier molecular flexibility index (Phi) is 4.89. The average Bonchev–Trinajstić information content (AvgIpc) is 2.59. The Labute approximate surface area is 153 Å². The molecule has 26 heavy (non-hydrogen) atoms. The fourth-order valence-corrected chi connectivity index (χ4v) is 3.07. The number of ether oxygens (including phenoxy) is 2. The number of anilines is 1. The molecule has 2 aromatic rings. The van der Waals surface area contributed by atoms with Crippen LogP contribution in [0.15, 0.2) is 18.5 Å². The number of hydrogen-bond donors (Lipinski definition) is 0. The van der Waals surface area contributed by atoms with E-state index in [1.165, 1.54) is 0 Å². The first kappa shape index (κ1) is 18.2. The number of carbonyl (C=O) groups is 1. The third-order valence-electron chi connectivity index (χ3n) is 4.36. The molecule has 0 N–H and O–H groups in total. The molecule has 1 aromatic carbocycles. The molecular formula is C19H26N4O3. The maximum atomic E-state index is 12.2. The van der Waals surface area contributed by atoms with Crippen molar-refractivity contribution in [1.82, 2.24) is 14.9 Å². The van der Waals surface area contributed by atoms with Gasteiger partial charge in [0.05, 0.1) is 12.6 Å². The number of fused-ring (bicyclic) bond motifs is 1. The van der Waals surface area contributed by atoms with Crippen molar-refractivity contribution >= 4 is 22.8 Å². The monoisotopic (exact) mass is 358 g/mol. The zero-order chi connectivity index (χ0) is 18.9. The number of benzene rings is 1. The number of methoxy groups -OCH3 is 1. The summed E-state index contributed by atoms with van der Waals surface area (Å²) in [5, 5.41) is 0.959. The summed E-state index contributed by atoms with van der Waals surface area (Å²) < 4.78 is 10.9. The molecule has 2 heterocycles. The molecule has 1 aliphatic rings. The van der Waals surface area contributed by atoms with Gasteiger partial charge in [-0.05, 0) is 45.4 Å². The quantitative estimate of drug-likeness (QED) is 0.822. The predicted molar refractivity (Wildman–Crippen MR) is 101 cm³/mol. The molecule has 1 fully saturated rings. The van der Waals surface area contributed by atoms with Gasteiger partial charge < -0.3 is 19.3 Å². The van der Waals surface area contributed by atoms with E-state index in [-0.39, 0.29) is 6.09 Å². The molecule has 0 spiro atoms. The summed E-state index contributed by atoms with van der Waals surface area (Å²) in [5.41, 5.74) is 1.45. The van der Waals surface area contributed by atoms with E-state index in [0.29, 0.717) is 26.2 Å². The first-order valence-electron chi connectivity index (χ1n) is 8.81. The van der Waals surface area contributed by atoms with Gasteiger partial charge >= 0.3 is 6.09 Å². The molecule has 0 unspecified atom stereocenters. The Balaban J connectivity index is 1.78. The third kappa shape index (κ3) is 3.81. The van der Waals surface area contributed by atoms with Crippen molar-refractivity contribution in [2.24, 2.45) is 0 Å². The van der Waals surface area contributed by atoms with Crippen LogP contribution in [0, 0.1) is 6.92 Å². The summed E-state index contributed by atoms with van der Waals surface area (Å²) >= 11 is 0. The zero-order valence-electron chi connectivity index (χ0n) is 16.1. The minimum absolute atomic E-state index is 0.262. The highest BCUT2D eigenvalue weighted by Crippen LogP contribution is 2.30. The van der Waals surface area contributed by atoms with Crippen molar-refractivity contribution in [3.8, 4) is 5.75 Å². The highest BCUT2D eigenvalue weighted by atomic mass is 16.6. The zero-order valence-corrected chi connectivity index (χ0v) is 16.1. The minimum Gasteiger partial charge on any atom is -0.496 e. The second-order valence-electron chi connectivity index (χ2n) is 7.49.